The van der Waals surface area contributed by atoms with Gasteiger partial charge in [0.05, 0.1) is 19.1 Å². The van der Waals surface area contributed by atoms with Crippen molar-refractivity contribution in [3.8, 4) is 5.75 Å². The minimum absolute atomic E-state index is 0.0109. The summed E-state index contributed by atoms with van der Waals surface area (Å²) < 4.78 is 31.7. The molecule has 0 bridgehead atoms. The lowest BCUT2D eigenvalue weighted by atomic mass is 10.1. The van der Waals surface area contributed by atoms with Crippen LogP contribution in [0.25, 0.3) is 0 Å². The molecule has 0 aliphatic carbocycles. The molecule has 0 aliphatic heterocycles. The zero-order valence-electron chi connectivity index (χ0n) is 22.6. The number of nitrogens with one attached hydrogen (secondary N) is 1. The minimum Gasteiger partial charge on any atom is -0.495 e. The van der Waals surface area contributed by atoms with Crippen molar-refractivity contribution in [3.05, 3.63) is 60.2 Å². The van der Waals surface area contributed by atoms with Crippen LogP contribution in [0.15, 0.2) is 54.6 Å². The predicted molar refractivity (Wildman–Crippen MR) is 148 cm³/mol. The minimum atomic E-state index is -3.60. The number of sulfonamides is 1. The van der Waals surface area contributed by atoms with Crippen LogP contribution in [-0.4, -0.2) is 63.7 Å². The fraction of sp³-hybridized carbons (Fsp3) is 0.500. The van der Waals surface area contributed by atoms with E-state index in [-0.39, 0.29) is 30.8 Å². The molecular formula is C28H41N3O5S. The smallest absolute Gasteiger partial charge is 0.243 e. The zero-order chi connectivity index (χ0) is 27.4. The number of amides is 2. The Morgan fingerprint density at radius 2 is 1.62 bits per heavy atom. The maximum absolute atomic E-state index is 13.5. The molecule has 0 saturated heterocycles. The molecule has 8 nitrogen and oxygen atoms in total. The molecule has 1 N–H and O–H groups in total. The van der Waals surface area contributed by atoms with Gasteiger partial charge in [0.1, 0.15) is 11.8 Å². The van der Waals surface area contributed by atoms with Gasteiger partial charge in [0.15, 0.2) is 0 Å². The van der Waals surface area contributed by atoms with Crippen molar-refractivity contribution < 1.29 is 22.7 Å². The van der Waals surface area contributed by atoms with Gasteiger partial charge in [-0.2, -0.15) is 0 Å². The summed E-state index contributed by atoms with van der Waals surface area (Å²) in [4.78, 5) is 28.2. The van der Waals surface area contributed by atoms with Crippen LogP contribution >= 0.6 is 0 Å². The van der Waals surface area contributed by atoms with Gasteiger partial charge < -0.3 is 15.0 Å². The third-order valence-electron chi connectivity index (χ3n) is 6.38. The van der Waals surface area contributed by atoms with Gasteiger partial charge in [0.25, 0.3) is 0 Å². The van der Waals surface area contributed by atoms with E-state index in [0.717, 1.165) is 18.2 Å². The van der Waals surface area contributed by atoms with Gasteiger partial charge in [-0.1, -0.05) is 56.3 Å². The van der Waals surface area contributed by atoms with Gasteiger partial charge in [0, 0.05) is 25.6 Å². The van der Waals surface area contributed by atoms with Crippen molar-refractivity contribution >= 4 is 27.5 Å². The molecule has 2 amide bonds. The van der Waals surface area contributed by atoms with Gasteiger partial charge in [-0.05, 0) is 50.3 Å². The number of hydrogen-bond acceptors (Lipinski definition) is 5. The van der Waals surface area contributed by atoms with E-state index in [1.807, 2.05) is 51.1 Å². The van der Waals surface area contributed by atoms with E-state index in [9.17, 15) is 18.0 Å². The second-order valence-electron chi connectivity index (χ2n) is 9.18. The summed E-state index contributed by atoms with van der Waals surface area (Å²) in [6.45, 7) is 6.36. The molecule has 0 radical (unpaired) electrons. The average molecular weight is 532 g/mol. The third-order valence-corrected chi connectivity index (χ3v) is 7.56. The van der Waals surface area contributed by atoms with E-state index < -0.39 is 16.1 Å². The van der Waals surface area contributed by atoms with Crippen LogP contribution in [0.1, 0.15) is 52.0 Å². The molecule has 37 heavy (non-hydrogen) atoms. The van der Waals surface area contributed by atoms with Crippen LogP contribution in [0.3, 0.4) is 0 Å². The quantitative estimate of drug-likeness (QED) is 0.375. The largest absolute Gasteiger partial charge is 0.495 e. The summed E-state index contributed by atoms with van der Waals surface area (Å²) in [5.41, 5.74) is 1.51. The lowest BCUT2D eigenvalue weighted by molar-refractivity contribution is -0.141. The molecule has 0 aromatic heterocycles. The molecule has 0 unspecified atom stereocenters. The van der Waals surface area contributed by atoms with E-state index in [1.54, 1.807) is 29.2 Å². The standard InChI is InChI=1S/C28H41N3O5S/c1-6-22(3)29-28(33)24(7-2)30(21-19-23-14-9-8-10-15-23)27(32)18-13-20-31(37(5,34)35)25-16-11-12-17-26(25)36-4/h8-12,14-17,22,24H,6-7,13,18-21H2,1-5H3,(H,29,33)/t22-,24+/m0/s1. The third kappa shape index (κ3) is 9.07. The first-order valence-corrected chi connectivity index (χ1v) is 14.7. The number of benzene rings is 2. The molecule has 2 aromatic carbocycles. The molecule has 204 valence electrons. The predicted octanol–water partition coefficient (Wildman–Crippen LogP) is 4.01. The van der Waals surface area contributed by atoms with Crippen molar-refractivity contribution in [2.75, 3.05) is 30.8 Å². The molecule has 2 aromatic rings. The highest BCUT2D eigenvalue weighted by atomic mass is 32.2. The van der Waals surface area contributed by atoms with Crippen LogP contribution in [0.2, 0.25) is 0 Å². The highest BCUT2D eigenvalue weighted by Crippen LogP contribution is 2.29. The maximum atomic E-state index is 13.5. The number of hydrogen-bond donors (Lipinski definition) is 1. The number of methoxy groups -OCH3 is 1. The van der Waals surface area contributed by atoms with Gasteiger partial charge in [-0.15, -0.1) is 0 Å². The summed E-state index contributed by atoms with van der Waals surface area (Å²) in [6.07, 6.45) is 3.46. The Hall–Kier alpha value is -3.07. The number of para-hydroxylation sites is 2. The molecule has 2 atom stereocenters. The second kappa shape index (κ2) is 14.6. The van der Waals surface area contributed by atoms with E-state index in [1.165, 1.54) is 11.4 Å². The molecule has 0 aliphatic rings. The molecule has 0 spiro atoms. The Morgan fingerprint density at radius 1 is 0.973 bits per heavy atom. The topological polar surface area (TPSA) is 96.0 Å². The molecule has 0 heterocycles. The Morgan fingerprint density at radius 3 is 2.22 bits per heavy atom. The zero-order valence-corrected chi connectivity index (χ0v) is 23.5. The Kier molecular flexibility index (Phi) is 11.9. The van der Waals surface area contributed by atoms with Crippen molar-refractivity contribution in [2.24, 2.45) is 0 Å². The fourth-order valence-electron chi connectivity index (χ4n) is 4.16. The van der Waals surface area contributed by atoms with Crippen molar-refractivity contribution in [3.63, 3.8) is 0 Å². The maximum Gasteiger partial charge on any atom is 0.243 e. The van der Waals surface area contributed by atoms with Crippen molar-refractivity contribution in [2.45, 2.75) is 65.0 Å². The van der Waals surface area contributed by atoms with Crippen molar-refractivity contribution in [1.29, 1.82) is 0 Å². The number of nitrogens with zero attached hydrogens (tertiary/aromatic N) is 2. The summed E-state index contributed by atoms with van der Waals surface area (Å²) in [5.74, 6) is 0.108. The van der Waals surface area contributed by atoms with E-state index in [2.05, 4.69) is 5.32 Å². The monoisotopic (exact) mass is 531 g/mol. The molecule has 0 fully saturated rings. The van der Waals surface area contributed by atoms with Gasteiger partial charge in [0.2, 0.25) is 21.8 Å². The number of anilines is 1. The van der Waals surface area contributed by atoms with Crippen LogP contribution in [0, 0.1) is 0 Å². The van der Waals surface area contributed by atoms with Crippen LogP contribution in [0.4, 0.5) is 5.69 Å². The highest BCUT2D eigenvalue weighted by Gasteiger charge is 2.29. The molecule has 9 heteroatoms. The molecule has 0 saturated carbocycles. The van der Waals surface area contributed by atoms with Crippen molar-refractivity contribution in [1.82, 2.24) is 10.2 Å². The fourth-order valence-corrected chi connectivity index (χ4v) is 5.12. The number of carbonyl (C=O) groups excluding carboxylic acids is 2. The van der Waals surface area contributed by atoms with E-state index in [4.69, 9.17) is 4.74 Å². The van der Waals surface area contributed by atoms with Crippen LogP contribution in [-0.2, 0) is 26.0 Å². The normalized spacial score (nSPS) is 12.9. The molecule has 2 rings (SSSR count). The summed E-state index contributed by atoms with van der Waals surface area (Å²) in [7, 11) is -2.11. The Labute approximate surface area is 222 Å². The molecular weight excluding hydrogens is 490 g/mol. The van der Waals surface area contributed by atoms with Crippen LogP contribution in [0.5, 0.6) is 5.75 Å². The number of carbonyl (C=O) groups is 2. The van der Waals surface area contributed by atoms with Gasteiger partial charge >= 0.3 is 0 Å². The van der Waals surface area contributed by atoms with E-state index in [0.29, 0.717) is 37.2 Å². The summed E-state index contributed by atoms with van der Waals surface area (Å²) >= 11 is 0. The van der Waals surface area contributed by atoms with Crippen LogP contribution < -0.4 is 14.4 Å². The Bertz CT molecular complexity index is 1110. The van der Waals surface area contributed by atoms with Gasteiger partial charge in [-0.3, -0.25) is 13.9 Å². The first kappa shape index (κ1) is 30.2. The lowest BCUT2D eigenvalue weighted by Gasteiger charge is -2.32. The van der Waals surface area contributed by atoms with E-state index >= 15 is 0 Å². The summed E-state index contributed by atoms with van der Waals surface area (Å²) in [6, 6.07) is 16.2. The second-order valence-corrected chi connectivity index (χ2v) is 11.1. The summed E-state index contributed by atoms with van der Waals surface area (Å²) in [5, 5.41) is 3.01. The highest BCUT2D eigenvalue weighted by molar-refractivity contribution is 7.92. The number of rotatable bonds is 15. The lowest BCUT2D eigenvalue weighted by Crippen LogP contribution is -2.51. The average Bonchev–Trinajstić information content (AvgIpc) is 2.88. The first-order valence-electron chi connectivity index (χ1n) is 12.9. The Balaban J connectivity index is 2.19. The first-order chi connectivity index (χ1) is 17.6. The van der Waals surface area contributed by atoms with Gasteiger partial charge in [-0.25, -0.2) is 8.42 Å². The number of ether oxygens (including phenoxy) is 1. The SMILES string of the molecule is CC[C@H](C(=O)N[C@@H](C)CC)N(CCc1ccccc1)C(=O)CCCN(c1ccccc1OC)S(C)(=O)=O.